The molecule has 0 saturated heterocycles. The fraction of sp³-hybridized carbons (Fsp3) is 0.404. The van der Waals surface area contributed by atoms with E-state index in [9.17, 15) is 29.1 Å². The molecule has 0 radical (unpaired) electrons. The van der Waals surface area contributed by atoms with Crippen molar-refractivity contribution in [3.05, 3.63) is 93.8 Å². The average Bonchev–Trinajstić information content (AvgIpc) is 3.26. The number of phenols is 1. The summed E-state index contributed by atoms with van der Waals surface area (Å²) in [6.45, 7) is 11.0. The summed E-state index contributed by atoms with van der Waals surface area (Å²) in [5, 5.41) is 31.3. The Kier molecular flexibility index (Phi) is 16.0. The van der Waals surface area contributed by atoms with Gasteiger partial charge in [-0.25, -0.2) is 9.97 Å². The summed E-state index contributed by atoms with van der Waals surface area (Å²) in [7, 11) is 1.38. The van der Waals surface area contributed by atoms with Crippen molar-refractivity contribution in [2.24, 2.45) is 17.2 Å². The van der Waals surface area contributed by atoms with Crippen LogP contribution in [-0.4, -0.2) is 101 Å². The van der Waals surface area contributed by atoms with Crippen LogP contribution < -0.4 is 43.2 Å². The molecule has 1 aliphatic rings. The van der Waals surface area contributed by atoms with Gasteiger partial charge < -0.3 is 53.2 Å². The number of nitrogens with one attached hydrogen (secondary N) is 4. The molecule has 3 aromatic carbocycles. The third-order valence-corrected chi connectivity index (χ3v) is 11.2. The van der Waals surface area contributed by atoms with Crippen LogP contribution in [0, 0.1) is 25.2 Å². The fourth-order valence-electron chi connectivity index (χ4n) is 7.70. The van der Waals surface area contributed by atoms with Gasteiger partial charge >= 0.3 is 0 Å². The number of hydrogen-bond donors (Lipinski definition) is 8. The number of nitrogens with two attached hydrogens (primary N) is 3. The largest absolute Gasteiger partial charge is 0.507 e. The fourth-order valence-corrected chi connectivity index (χ4v) is 7.70. The summed E-state index contributed by atoms with van der Waals surface area (Å²) < 4.78 is 6.01. The zero-order valence-corrected chi connectivity index (χ0v) is 37.9. The second kappa shape index (κ2) is 21.2. The molecule has 2 heterocycles. The molecule has 5 rings (SSSR count). The maximum Gasteiger partial charge on any atom is 0.255 e. The SMILES string of the molecule is Cc1nc(-c2ccc(C(C)(C)C)cc2)nc(C)c1C(=O)N[C@@H](CCN)C(=O)N(C)[C@@H]1C(=O)N[C@@H](C)C(=O)N[C@H](C(=O)NCC#N)Cc2cc(c(O)cc2CN)-c2cc1ccc2OCCN. The Hall–Kier alpha value is -6.94. The summed E-state index contributed by atoms with van der Waals surface area (Å²) >= 11 is 0. The van der Waals surface area contributed by atoms with E-state index in [0.717, 1.165) is 16.0 Å². The van der Waals surface area contributed by atoms with Crippen LogP contribution in [0.15, 0.2) is 54.6 Å². The van der Waals surface area contributed by atoms with E-state index in [-0.39, 0.29) is 79.2 Å². The number of nitrogens with zero attached hydrogens (tertiary/aromatic N) is 4. The monoisotopic (exact) mass is 889 g/mol. The van der Waals surface area contributed by atoms with Gasteiger partial charge in [0.15, 0.2) is 5.82 Å². The van der Waals surface area contributed by atoms with E-state index in [1.807, 2.05) is 30.3 Å². The van der Waals surface area contributed by atoms with Crippen molar-refractivity contribution in [2.75, 3.05) is 33.3 Å². The van der Waals surface area contributed by atoms with Gasteiger partial charge in [-0.15, -0.1) is 0 Å². The van der Waals surface area contributed by atoms with Gasteiger partial charge in [0, 0.05) is 43.2 Å². The lowest BCUT2D eigenvalue weighted by molar-refractivity contribution is -0.141. The van der Waals surface area contributed by atoms with Gasteiger partial charge in [0.25, 0.3) is 5.91 Å². The smallest absolute Gasteiger partial charge is 0.255 e. The first-order chi connectivity index (χ1) is 30.8. The average molecular weight is 890 g/mol. The molecule has 0 fully saturated rings. The maximum absolute atomic E-state index is 14.7. The summed E-state index contributed by atoms with van der Waals surface area (Å²) in [5.41, 5.74) is 22.5. The predicted molar refractivity (Wildman–Crippen MR) is 244 cm³/mol. The van der Waals surface area contributed by atoms with E-state index >= 15 is 0 Å². The minimum Gasteiger partial charge on any atom is -0.507 e. The number of carbonyl (C=O) groups excluding carboxylic acids is 5. The van der Waals surface area contributed by atoms with Crippen LogP contribution in [0.2, 0.25) is 0 Å². The van der Waals surface area contributed by atoms with E-state index in [2.05, 4.69) is 52.0 Å². The molecule has 344 valence electrons. The second-order valence-corrected chi connectivity index (χ2v) is 17.0. The molecule has 4 aromatic rings. The van der Waals surface area contributed by atoms with Gasteiger partial charge in [-0.05, 0) is 85.7 Å². The lowest BCUT2D eigenvalue weighted by Crippen LogP contribution is -2.56. The van der Waals surface area contributed by atoms with E-state index in [1.54, 1.807) is 38.1 Å². The molecule has 4 atom stereocenters. The maximum atomic E-state index is 14.7. The second-order valence-electron chi connectivity index (χ2n) is 17.0. The summed E-state index contributed by atoms with van der Waals surface area (Å²) in [5.74, 6) is -3.02. The van der Waals surface area contributed by atoms with Crippen molar-refractivity contribution in [3.8, 4) is 40.1 Å². The van der Waals surface area contributed by atoms with Crippen LogP contribution in [0.25, 0.3) is 22.5 Å². The van der Waals surface area contributed by atoms with Crippen LogP contribution in [0.1, 0.15) is 84.2 Å². The summed E-state index contributed by atoms with van der Waals surface area (Å²) in [6, 6.07) is 12.3. The van der Waals surface area contributed by atoms with Crippen molar-refractivity contribution < 1.29 is 33.8 Å². The van der Waals surface area contributed by atoms with E-state index in [0.29, 0.717) is 33.9 Å². The highest BCUT2D eigenvalue weighted by molar-refractivity contribution is 6.00. The van der Waals surface area contributed by atoms with Crippen LogP contribution >= 0.6 is 0 Å². The highest BCUT2D eigenvalue weighted by Crippen LogP contribution is 2.40. The third kappa shape index (κ3) is 11.4. The van der Waals surface area contributed by atoms with Crippen molar-refractivity contribution in [1.29, 1.82) is 5.26 Å². The van der Waals surface area contributed by atoms with Crippen LogP contribution in [0.4, 0.5) is 0 Å². The Morgan fingerprint density at radius 2 is 1.65 bits per heavy atom. The molecule has 0 saturated carbocycles. The third-order valence-electron chi connectivity index (χ3n) is 11.2. The van der Waals surface area contributed by atoms with Crippen LogP contribution in [-0.2, 0) is 37.6 Å². The first-order valence-electron chi connectivity index (χ1n) is 21.3. The normalized spacial score (nSPS) is 16.8. The Morgan fingerprint density at radius 3 is 2.25 bits per heavy atom. The molecule has 65 heavy (non-hydrogen) atoms. The van der Waals surface area contributed by atoms with Crippen molar-refractivity contribution in [2.45, 2.75) is 90.5 Å². The number of nitriles is 1. The Morgan fingerprint density at radius 1 is 0.969 bits per heavy atom. The highest BCUT2D eigenvalue weighted by atomic mass is 16.5. The number of rotatable bonds is 13. The zero-order chi connectivity index (χ0) is 47.7. The topological polar surface area (TPSA) is 294 Å². The van der Waals surface area contributed by atoms with Gasteiger partial charge in [-0.1, -0.05) is 51.1 Å². The lowest BCUT2D eigenvalue weighted by atomic mass is 9.86. The summed E-state index contributed by atoms with van der Waals surface area (Å²) in [6.07, 6.45) is -0.118. The molecule has 1 aromatic heterocycles. The number of fused-ring (bicyclic) bond motifs is 5. The van der Waals surface area contributed by atoms with Crippen LogP contribution in [0.3, 0.4) is 0 Å². The first kappa shape index (κ1) is 49.1. The molecule has 4 bridgehead atoms. The van der Waals surface area contributed by atoms with Gasteiger partial charge in [0.1, 0.15) is 48.8 Å². The molecule has 0 unspecified atom stereocenters. The highest BCUT2D eigenvalue weighted by Gasteiger charge is 2.36. The molecule has 18 nitrogen and oxygen atoms in total. The molecular formula is C47H59N11O7. The molecule has 0 aliphatic carbocycles. The van der Waals surface area contributed by atoms with E-state index in [1.165, 1.54) is 20.0 Å². The number of carbonyl (C=O) groups is 5. The number of aromatic nitrogens is 2. The Balaban J connectivity index is 1.57. The van der Waals surface area contributed by atoms with Gasteiger partial charge in [0.2, 0.25) is 23.6 Å². The Bertz CT molecular complexity index is 2460. The van der Waals surface area contributed by atoms with Crippen molar-refractivity contribution >= 4 is 29.5 Å². The van der Waals surface area contributed by atoms with Crippen molar-refractivity contribution in [3.63, 3.8) is 0 Å². The van der Waals surface area contributed by atoms with Crippen molar-refractivity contribution in [1.82, 2.24) is 36.1 Å². The Labute approximate surface area is 378 Å². The predicted octanol–water partition coefficient (Wildman–Crippen LogP) is 2.06. The number of aryl methyl sites for hydroxylation is 2. The number of phenolic OH excluding ortho intramolecular Hbond substituents is 1. The molecule has 5 amide bonds. The molecule has 18 heteroatoms. The number of amides is 5. The standard InChI is InChI=1S/C47H59N11O7/c1-25-39(26(2)54-41(53-25)28-8-11-32(12-9-28)47(4,5)6)44(62)56-35(14-15-48)46(64)58(7)40-29-10-13-38(65-19-17-50)34(20-29)33-21-30(31(24-51)23-37(33)59)22-36(43(61)52-18-16-49)57-42(60)27(3)55-45(40)63/h8-13,20-21,23,27,35-36,40,59H,14-15,17-19,22,24,48,50-51H2,1-7H3,(H,52,61)(H,55,63)(H,56,62)(H,57,60)/t27-,35-,36-,40-/m0/s1. The molecule has 11 N–H and O–H groups in total. The number of likely N-dealkylation sites (N-methyl/N-ethyl adjacent to an activating group) is 1. The number of aromatic hydroxyl groups is 1. The number of hydrogen-bond acceptors (Lipinski definition) is 13. The number of ether oxygens (including phenoxy) is 1. The molecular weight excluding hydrogens is 831 g/mol. The van der Waals surface area contributed by atoms with E-state index in [4.69, 9.17) is 27.2 Å². The first-order valence-corrected chi connectivity index (χ1v) is 21.3. The minimum absolute atomic E-state index is 0.0165. The van der Waals surface area contributed by atoms with Gasteiger partial charge in [0.05, 0.1) is 23.0 Å². The number of benzene rings is 3. The zero-order valence-electron chi connectivity index (χ0n) is 37.9. The van der Waals surface area contributed by atoms with E-state index < -0.39 is 53.7 Å². The minimum atomic E-state index is -1.45. The lowest BCUT2D eigenvalue weighted by Gasteiger charge is -2.32. The van der Waals surface area contributed by atoms with Crippen LogP contribution in [0.5, 0.6) is 11.5 Å². The van der Waals surface area contributed by atoms with Gasteiger partial charge in [-0.3, -0.25) is 24.0 Å². The summed E-state index contributed by atoms with van der Waals surface area (Å²) in [4.78, 5) is 80.8. The quantitative estimate of drug-likeness (QED) is 0.0894. The molecule has 1 aliphatic heterocycles. The van der Waals surface area contributed by atoms with Gasteiger partial charge in [-0.2, -0.15) is 5.26 Å². The molecule has 0 spiro atoms.